The van der Waals surface area contributed by atoms with Crippen molar-refractivity contribution in [3.05, 3.63) is 17.5 Å². The monoisotopic (exact) mass is 334 g/mol. The molecule has 1 aromatic heterocycles. The molecule has 2 aliphatic heterocycles. The number of likely N-dealkylation sites (tertiary alicyclic amines) is 1. The van der Waals surface area contributed by atoms with Crippen LogP contribution in [0.2, 0.25) is 0 Å². The van der Waals surface area contributed by atoms with Gasteiger partial charge in [-0.2, -0.15) is 5.10 Å². The Morgan fingerprint density at radius 3 is 2.54 bits per heavy atom. The SMILES string of the molecule is CC(=O)N(C1CCOCC1)C1CCN(C(=O)c2cc(C)nn2C)C1. The van der Waals surface area contributed by atoms with Crippen molar-refractivity contribution in [2.75, 3.05) is 26.3 Å². The van der Waals surface area contributed by atoms with Crippen molar-refractivity contribution in [1.82, 2.24) is 19.6 Å². The zero-order valence-electron chi connectivity index (χ0n) is 14.7. The maximum Gasteiger partial charge on any atom is 0.272 e. The number of rotatable bonds is 3. The second kappa shape index (κ2) is 6.93. The fraction of sp³-hybridized carbons (Fsp3) is 0.706. The number of aromatic nitrogens is 2. The van der Waals surface area contributed by atoms with E-state index in [4.69, 9.17) is 4.74 Å². The van der Waals surface area contributed by atoms with Gasteiger partial charge in [0.15, 0.2) is 0 Å². The predicted octanol–water partition coefficient (Wildman–Crippen LogP) is 0.971. The third-order valence-electron chi connectivity index (χ3n) is 5.01. The van der Waals surface area contributed by atoms with Gasteiger partial charge in [0.25, 0.3) is 5.91 Å². The molecule has 0 spiro atoms. The first-order chi connectivity index (χ1) is 11.5. The molecule has 1 unspecified atom stereocenters. The van der Waals surface area contributed by atoms with Gasteiger partial charge >= 0.3 is 0 Å². The molecule has 0 aromatic carbocycles. The van der Waals surface area contributed by atoms with Crippen LogP contribution in [0.1, 0.15) is 42.4 Å². The van der Waals surface area contributed by atoms with Crippen LogP contribution < -0.4 is 0 Å². The standard InChI is InChI=1S/C17H26N4O3/c1-12-10-16(19(3)18-12)17(23)20-7-4-15(11-20)21(13(2)22)14-5-8-24-9-6-14/h10,14-15H,4-9,11H2,1-3H3. The summed E-state index contributed by atoms with van der Waals surface area (Å²) in [5.74, 6) is 0.0913. The second-order valence-corrected chi connectivity index (χ2v) is 6.76. The molecule has 0 radical (unpaired) electrons. The van der Waals surface area contributed by atoms with E-state index in [0.29, 0.717) is 32.0 Å². The van der Waals surface area contributed by atoms with E-state index in [0.717, 1.165) is 25.0 Å². The van der Waals surface area contributed by atoms with Crippen LogP contribution >= 0.6 is 0 Å². The highest BCUT2D eigenvalue weighted by molar-refractivity contribution is 5.93. The number of aryl methyl sites for hydroxylation is 2. The third-order valence-corrected chi connectivity index (χ3v) is 5.01. The number of carbonyl (C=O) groups excluding carboxylic acids is 2. The lowest BCUT2D eigenvalue weighted by Crippen LogP contribution is -2.49. The van der Waals surface area contributed by atoms with E-state index in [2.05, 4.69) is 5.10 Å². The summed E-state index contributed by atoms with van der Waals surface area (Å²) >= 11 is 0. The first-order valence-corrected chi connectivity index (χ1v) is 8.64. The van der Waals surface area contributed by atoms with E-state index < -0.39 is 0 Å². The molecule has 24 heavy (non-hydrogen) atoms. The average Bonchev–Trinajstić information content (AvgIpc) is 3.14. The van der Waals surface area contributed by atoms with E-state index in [1.165, 1.54) is 0 Å². The van der Waals surface area contributed by atoms with Crippen molar-refractivity contribution in [3.8, 4) is 0 Å². The number of nitrogens with zero attached hydrogens (tertiary/aromatic N) is 4. The number of hydrogen-bond donors (Lipinski definition) is 0. The Morgan fingerprint density at radius 2 is 1.96 bits per heavy atom. The van der Waals surface area contributed by atoms with E-state index >= 15 is 0 Å². The molecule has 2 saturated heterocycles. The summed E-state index contributed by atoms with van der Waals surface area (Å²) in [5.41, 5.74) is 1.44. The van der Waals surface area contributed by atoms with E-state index in [9.17, 15) is 9.59 Å². The average molecular weight is 334 g/mol. The summed E-state index contributed by atoms with van der Waals surface area (Å²) in [4.78, 5) is 28.8. The van der Waals surface area contributed by atoms with Gasteiger partial charge in [-0.05, 0) is 32.3 Å². The Kier molecular flexibility index (Phi) is 4.89. The number of carbonyl (C=O) groups is 2. The second-order valence-electron chi connectivity index (χ2n) is 6.76. The summed E-state index contributed by atoms with van der Waals surface area (Å²) < 4.78 is 7.04. The van der Waals surface area contributed by atoms with Gasteiger partial charge in [0.1, 0.15) is 5.69 Å². The summed E-state index contributed by atoms with van der Waals surface area (Å²) in [6.45, 7) is 6.20. The lowest BCUT2D eigenvalue weighted by atomic mass is 10.0. The van der Waals surface area contributed by atoms with E-state index in [1.807, 2.05) is 22.8 Å². The molecular weight excluding hydrogens is 308 g/mol. The highest BCUT2D eigenvalue weighted by atomic mass is 16.5. The quantitative estimate of drug-likeness (QED) is 0.826. The molecule has 0 aliphatic carbocycles. The Morgan fingerprint density at radius 1 is 1.25 bits per heavy atom. The summed E-state index contributed by atoms with van der Waals surface area (Å²) in [5, 5.41) is 4.25. The molecule has 0 bridgehead atoms. The molecule has 1 atom stereocenters. The number of amides is 2. The van der Waals surface area contributed by atoms with E-state index in [1.54, 1.807) is 18.7 Å². The fourth-order valence-electron chi connectivity index (χ4n) is 3.90. The van der Waals surface area contributed by atoms with Crippen molar-refractivity contribution >= 4 is 11.8 Å². The Bertz CT molecular complexity index is 621. The van der Waals surface area contributed by atoms with Crippen LogP contribution in [0.25, 0.3) is 0 Å². The molecule has 132 valence electrons. The highest BCUT2D eigenvalue weighted by Crippen LogP contribution is 2.24. The van der Waals surface area contributed by atoms with Gasteiger partial charge in [-0.1, -0.05) is 0 Å². The van der Waals surface area contributed by atoms with Gasteiger partial charge in [0.2, 0.25) is 5.91 Å². The van der Waals surface area contributed by atoms with Crippen LogP contribution in [0.15, 0.2) is 6.07 Å². The Balaban J connectivity index is 1.70. The molecule has 3 heterocycles. The summed E-state index contributed by atoms with van der Waals surface area (Å²) in [6, 6.07) is 2.15. The lowest BCUT2D eigenvalue weighted by molar-refractivity contribution is -0.135. The van der Waals surface area contributed by atoms with E-state index in [-0.39, 0.29) is 23.9 Å². The lowest BCUT2D eigenvalue weighted by Gasteiger charge is -2.37. The molecule has 1 aromatic rings. The molecule has 2 amide bonds. The fourth-order valence-corrected chi connectivity index (χ4v) is 3.90. The van der Waals surface area contributed by atoms with Crippen molar-refractivity contribution in [3.63, 3.8) is 0 Å². The predicted molar refractivity (Wildman–Crippen MR) is 88.6 cm³/mol. The van der Waals surface area contributed by atoms with Gasteiger partial charge in [-0.15, -0.1) is 0 Å². The maximum absolute atomic E-state index is 12.7. The minimum Gasteiger partial charge on any atom is -0.381 e. The highest BCUT2D eigenvalue weighted by Gasteiger charge is 2.36. The normalized spacial score (nSPS) is 22.0. The Hall–Kier alpha value is -1.89. The molecule has 0 saturated carbocycles. The first kappa shape index (κ1) is 17.0. The first-order valence-electron chi connectivity index (χ1n) is 8.64. The largest absolute Gasteiger partial charge is 0.381 e. The van der Waals surface area contributed by atoms with Crippen LogP contribution in [0.3, 0.4) is 0 Å². The topological polar surface area (TPSA) is 67.7 Å². The van der Waals surface area contributed by atoms with Gasteiger partial charge in [0, 0.05) is 46.3 Å². The number of hydrogen-bond acceptors (Lipinski definition) is 4. The summed E-state index contributed by atoms with van der Waals surface area (Å²) in [6.07, 6.45) is 2.59. The Labute approximate surface area is 142 Å². The van der Waals surface area contributed by atoms with Crippen molar-refractivity contribution < 1.29 is 14.3 Å². The molecule has 0 N–H and O–H groups in total. The zero-order valence-corrected chi connectivity index (χ0v) is 14.7. The maximum atomic E-state index is 12.7. The summed E-state index contributed by atoms with van der Waals surface area (Å²) in [7, 11) is 1.79. The van der Waals surface area contributed by atoms with Crippen molar-refractivity contribution in [1.29, 1.82) is 0 Å². The van der Waals surface area contributed by atoms with Crippen molar-refractivity contribution in [2.45, 2.75) is 45.2 Å². The van der Waals surface area contributed by atoms with Gasteiger partial charge in [-0.3, -0.25) is 14.3 Å². The molecule has 3 rings (SSSR count). The molecule has 7 nitrogen and oxygen atoms in total. The van der Waals surface area contributed by atoms with Gasteiger partial charge in [0.05, 0.1) is 11.7 Å². The smallest absolute Gasteiger partial charge is 0.272 e. The van der Waals surface area contributed by atoms with Crippen LogP contribution in [0.5, 0.6) is 0 Å². The minimum absolute atomic E-state index is 0.00363. The molecule has 2 fully saturated rings. The minimum atomic E-state index is -0.00363. The molecular formula is C17H26N4O3. The molecule has 7 heteroatoms. The van der Waals surface area contributed by atoms with Crippen molar-refractivity contribution in [2.24, 2.45) is 7.05 Å². The van der Waals surface area contributed by atoms with Gasteiger partial charge < -0.3 is 14.5 Å². The van der Waals surface area contributed by atoms with Crippen LogP contribution in [-0.4, -0.2) is 69.8 Å². The van der Waals surface area contributed by atoms with Gasteiger partial charge in [-0.25, -0.2) is 0 Å². The number of ether oxygens (including phenoxy) is 1. The zero-order chi connectivity index (χ0) is 17.3. The van der Waals surface area contributed by atoms with Crippen LogP contribution in [0.4, 0.5) is 0 Å². The van der Waals surface area contributed by atoms with Crippen LogP contribution in [-0.2, 0) is 16.6 Å². The third kappa shape index (κ3) is 3.31. The molecule has 2 aliphatic rings. The van der Waals surface area contributed by atoms with Crippen LogP contribution in [0, 0.1) is 6.92 Å².